The van der Waals surface area contributed by atoms with Crippen LogP contribution in [0.25, 0.3) is 0 Å². The van der Waals surface area contributed by atoms with Gasteiger partial charge in [-0.2, -0.15) is 0 Å². The number of hydrogen-bond donors (Lipinski definition) is 1. The van der Waals surface area contributed by atoms with Crippen molar-refractivity contribution in [2.45, 2.75) is 12.2 Å². The zero-order chi connectivity index (χ0) is 9.56. The zero-order valence-electron chi connectivity index (χ0n) is 8.28. The van der Waals surface area contributed by atoms with Crippen molar-refractivity contribution in [3.05, 3.63) is 0 Å². The predicted octanol–water partition coefficient (Wildman–Crippen LogP) is -0.430. The highest BCUT2D eigenvalue weighted by molar-refractivity contribution is 4.71. The molecule has 0 unspecified atom stereocenters. The number of likely N-dealkylation sites (N-methyl/N-ethyl adjacent to an activating group) is 1. The van der Waals surface area contributed by atoms with Crippen LogP contribution in [0.2, 0.25) is 0 Å². The lowest BCUT2D eigenvalue weighted by molar-refractivity contribution is -0.0671. The van der Waals surface area contributed by atoms with E-state index < -0.39 is 0 Å². The lowest BCUT2D eigenvalue weighted by atomic mass is 10.2. The maximum atomic E-state index is 8.92. The first kappa shape index (κ1) is 11.8. The Morgan fingerprint density at radius 1 is 1.17 bits per heavy atom. The SMILES string of the molecule is CO[C@@H](CO)[C@H](CN(C)C)OC. The van der Waals surface area contributed by atoms with Crippen LogP contribution in [0.4, 0.5) is 0 Å². The minimum atomic E-state index is -0.239. The number of methoxy groups -OCH3 is 2. The molecule has 0 aliphatic rings. The number of aliphatic hydroxyl groups excluding tert-OH is 1. The van der Waals surface area contributed by atoms with E-state index in [-0.39, 0.29) is 18.8 Å². The molecule has 0 amide bonds. The average Bonchev–Trinajstić information content (AvgIpc) is 2.04. The molecule has 0 rings (SSSR count). The Hall–Kier alpha value is -0.160. The van der Waals surface area contributed by atoms with Gasteiger partial charge in [-0.3, -0.25) is 0 Å². The third kappa shape index (κ3) is 4.01. The van der Waals surface area contributed by atoms with Crippen molar-refractivity contribution in [2.75, 3.05) is 41.5 Å². The number of rotatable bonds is 6. The summed E-state index contributed by atoms with van der Waals surface area (Å²) < 4.78 is 10.2. The Morgan fingerprint density at radius 2 is 1.67 bits per heavy atom. The topological polar surface area (TPSA) is 41.9 Å². The van der Waals surface area contributed by atoms with Gasteiger partial charge in [0.1, 0.15) is 6.10 Å². The van der Waals surface area contributed by atoms with Crippen LogP contribution in [0.3, 0.4) is 0 Å². The van der Waals surface area contributed by atoms with Crippen LogP contribution < -0.4 is 0 Å². The molecule has 0 aromatic carbocycles. The summed E-state index contributed by atoms with van der Waals surface area (Å²) in [5.74, 6) is 0. The van der Waals surface area contributed by atoms with E-state index in [1.165, 1.54) is 0 Å². The van der Waals surface area contributed by atoms with Crippen LogP contribution in [-0.2, 0) is 9.47 Å². The minimum absolute atomic E-state index is 0.0111. The Kier molecular flexibility index (Phi) is 6.28. The van der Waals surface area contributed by atoms with E-state index in [0.717, 1.165) is 6.54 Å². The summed E-state index contributed by atoms with van der Waals surface area (Å²) in [7, 11) is 7.10. The molecule has 0 heterocycles. The minimum Gasteiger partial charge on any atom is -0.394 e. The molecule has 74 valence electrons. The second kappa shape index (κ2) is 6.37. The van der Waals surface area contributed by atoms with Crippen molar-refractivity contribution >= 4 is 0 Å². The Morgan fingerprint density at radius 3 is 1.92 bits per heavy atom. The van der Waals surface area contributed by atoms with Gasteiger partial charge in [-0.25, -0.2) is 0 Å². The van der Waals surface area contributed by atoms with Crippen LogP contribution in [0, 0.1) is 0 Å². The Labute approximate surface area is 74.1 Å². The molecule has 0 bridgehead atoms. The fourth-order valence-electron chi connectivity index (χ4n) is 1.05. The fourth-order valence-corrected chi connectivity index (χ4v) is 1.05. The summed E-state index contributed by atoms with van der Waals surface area (Å²) in [6, 6.07) is 0. The van der Waals surface area contributed by atoms with E-state index in [0.29, 0.717) is 0 Å². The molecule has 0 radical (unpaired) electrons. The van der Waals surface area contributed by atoms with Gasteiger partial charge in [0.2, 0.25) is 0 Å². The fraction of sp³-hybridized carbons (Fsp3) is 1.00. The van der Waals surface area contributed by atoms with Gasteiger partial charge >= 0.3 is 0 Å². The zero-order valence-corrected chi connectivity index (χ0v) is 8.28. The molecule has 1 N–H and O–H groups in total. The van der Waals surface area contributed by atoms with Gasteiger partial charge in [0.05, 0.1) is 12.7 Å². The number of ether oxygens (including phenoxy) is 2. The first-order valence-corrected chi connectivity index (χ1v) is 3.96. The van der Waals surface area contributed by atoms with Gasteiger partial charge in [-0.15, -0.1) is 0 Å². The summed E-state index contributed by atoms with van der Waals surface area (Å²) >= 11 is 0. The monoisotopic (exact) mass is 177 g/mol. The molecule has 2 atom stereocenters. The lowest BCUT2D eigenvalue weighted by Gasteiger charge is -2.25. The second-order valence-corrected chi connectivity index (χ2v) is 2.99. The van der Waals surface area contributed by atoms with Gasteiger partial charge in [-0.1, -0.05) is 0 Å². The number of aliphatic hydroxyl groups is 1. The van der Waals surface area contributed by atoms with E-state index >= 15 is 0 Å². The van der Waals surface area contributed by atoms with Crippen molar-refractivity contribution in [1.29, 1.82) is 0 Å². The molecule has 12 heavy (non-hydrogen) atoms. The van der Waals surface area contributed by atoms with Gasteiger partial charge < -0.3 is 19.5 Å². The van der Waals surface area contributed by atoms with Crippen LogP contribution in [-0.4, -0.2) is 63.7 Å². The number of hydrogen-bond acceptors (Lipinski definition) is 4. The predicted molar refractivity (Wildman–Crippen MR) is 47.2 cm³/mol. The summed E-state index contributed by atoms with van der Waals surface area (Å²) in [6.07, 6.45) is -0.313. The largest absolute Gasteiger partial charge is 0.394 e. The molecule has 4 heteroatoms. The molecule has 0 aromatic rings. The molecule has 0 fully saturated rings. The van der Waals surface area contributed by atoms with Crippen LogP contribution in [0.15, 0.2) is 0 Å². The highest BCUT2D eigenvalue weighted by atomic mass is 16.5. The Bertz CT molecular complexity index is 104. The molecule has 0 aliphatic heterocycles. The smallest absolute Gasteiger partial charge is 0.107 e. The molecule has 4 nitrogen and oxygen atoms in total. The van der Waals surface area contributed by atoms with E-state index in [2.05, 4.69) is 0 Å². The van der Waals surface area contributed by atoms with Crippen LogP contribution in [0.1, 0.15) is 0 Å². The maximum absolute atomic E-state index is 8.92. The second-order valence-electron chi connectivity index (χ2n) is 2.99. The lowest BCUT2D eigenvalue weighted by Crippen LogP contribution is -2.40. The summed E-state index contributed by atoms with van der Waals surface area (Å²) in [4.78, 5) is 2.00. The van der Waals surface area contributed by atoms with E-state index in [1.54, 1.807) is 14.2 Å². The van der Waals surface area contributed by atoms with E-state index in [4.69, 9.17) is 14.6 Å². The standard InChI is InChI=1S/C8H19NO3/c1-9(2)5-7(11-3)8(6-10)12-4/h7-8,10H,5-6H2,1-4H3/t7-,8-/m0/s1. The van der Waals surface area contributed by atoms with Gasteiger partial charge in [0.15, 0.2) is 0 Å². The maximum Gasteiger partial charge on any atom is 0.107 e. The number of nitrogens with zero attached hydrogens (tertiary/aromatic N) is 1. The van der Waals surface area contributed by atoms with E-state index in [9.17, 15) is 0 Å². The van der Waals surface area contributed by atoms with Crippen molar-refractivity contribution in [3.8, 4) is 0 Å². The highest BCUT2D eigenvalue weighted by Gasteiger charge is 2.20. The summed E-state index contributed by atoms with van der Waals surface area (Å²) in [5, 5.41) is 8.92. The molecule has 0 spiro atoms. The van der Waals surface area contributed by atoms with Crippen molar-refractivity contribution < 1.29 is 14.6 Å². The van der Waals surface area contributed by atoms with Gasteiger partial charge in [0, 0.05) is 20.8 Å². The summed E-state index contributed by atoms with van der Waals surface area (Å²) in [5.41, 5.74) is 0. The van der Waals surface area contributed by atoms with Crippen LogP contribution >= 0.6 is 0 Å². The third-order valence-electron chi connectivity index (χ3n) is 1.75. The van der Waals surface area contributed by atoms with E-state index in [1.807, 2.05) is 19.0 Å². The van der Waals surface area contributed by atoms with Crippen molar-refractivity contribution in [2.24, 2.45) is 0 Å². The molecule has 0 aromatic heterocycles. The Balaban J connectivity index is 3.92. The summed E-state index contributed by atoms with van der Waals surface area (Å²) in [6.45, 7) is 0.735. The molecule has 0 saturated heterocycles. The van der Waals surface area contributed by atoms with Gasteiger partial charge in [0.25, 0.3) is 0 Å². The first-order chi connectivity index (χ1) is 5.65. The molecular formula is C8H19NO3. The normalized spacial score (nSPS) is 16.5. The molecule has 0 saturated carbocycles. The third-order valence-corrected chi connectivity index (χ3v) is 1.75. The quantitative estimate of drug-likeness (QED) is 0.598. The average molecular weight is 177 g/mol. The van der Waals surface area contributed by atoms with Crippen molar-refractivity contribution in [3.63, 3.8) is 0 Å². The molecule has 0 aliphatic carbocycles. The highest BCUT2D eigenvalue weighted by Crippen LogP contribution is 2.02. The van der Waals surface area contributed by atoms with Crippen molar-refractivity contribution in [1.82, 2.24) is 4.90 Å². The first-order valence-electron chi connectivity index (χ1n) is 3.96. The molecular weight excluding hydrogens is 158 g/mol. The van der Waals surface area contributed by atoms with Gasteiger partial charge in [-0.05, 0) is 14.1 Å². The van der Waals surface area contributed by atoms with Crippen LogP contribution in [0.5, 0.6) is 0 Å².